The monoisotopic (exact) mass is 457 g/mol. The van der Waals surface area contributed by atoms with E-state index in [0.717, 1.165) is 50.9 Å². The number of aromatic nitrogens is 2. The highest BCUT2D eigenvalue weighted by Gasteiger charge is 2.60. The molecule has 1 aliphatic heterocycles. The molecule has 1 aliphatic carbocycles. The summed E-state index contributed by atoms with van der Waals surface area (Å²) in [6, 6.07) is 5.69. The van der Waals surface area contributed by atoms with Gasteiger partial charge in [0, 0.05) is 36.8 Å². The van der Waals surface area contributed by atoms with E-state index < -0.39 is 11.7 Å². The van der Waals surface area contributed by atoms with Crippen LogP contribution < -0.4 is 11.2 Å². The highest BCUT2D eigenvalue weighted by molar-refractivity contribution is 5.85. The second-order valence-electron chi connectivity index (χ2n) is 8.69. The van der Waals surface area contributed by atoms with E-state index in [4.69, 9.17) is 0 Å². The quantitative estimate of drug-likeness (QED) is 0.644. The van der Waals surface area contributed by atoms with Gasteiger partial charge in [-0.25, -0.2) is 4.79 Å². The van der Waals surface area contributed by atoms with Crippen LogP contribution in [0.2, 0.25) is 0 Å². The third-order valence-electron chi connectivity index (χ3n) is 6.57. The maximum Gasteiger partial charge on any atom is 0.416 e. The first-order valence-corrected chi connectivity index (χ1v) is 10.4. The SMILES string of the molecule is Cc1cn(CCCCCN2C[C@@H]3C[C@]3(c3ccc(C(F)(F)F)cc3)C2)c(=O)[nH]c1=O.Cl. The summed E-state index contributed by atoms with van der Waals surface area (Å²) in [5.74, 6) is 0.539. The van der Waals surface area contributed by atoms with Crippen molar-refractivity contribution in [2.24, 2.45) is 5.92 Å². The summed E-state index contributed by atoms with van der Waals surface area (Å²) in [5, 5.41) is 0. The van der Waals surface area contributed by atoms with E-state index in [-0.39, 0.29) is 29.1 Å². The van der Waals surface area contributed by atoms with E-state index in [2.05, 4.69) is 9.88 Å². The summed E-state index contributed by atoms with van der Waals surface area (Å²) in [6.45, 7) is 5.12. The Morgan fingerprint density at radius 2 is 1.77 bits per heavy atom. The van der Waals surface area contributed by atoms with E-state index in [1.54, 1.807) is 29.8 Å². The van der Waals surface area contributed by atoms with Gasteiger partial charge in [-0.15, -0.1) is 12.4 Å². The normalized spacial score (nSPS) is 22.8. The van der Waals surface area contributed by atoms with Crippen LogP contribution >= 0.6 is 12.4 Å². The third kappa shape index (κ3) is 4.90. The number of hydrogen-bond donors (Lipinski definition) is 1. The number of fused-ring (bicyclic) bond motifs is 1. The molecule has 1 saturated heterocycles. The average molecular weight is 458 g/mol. The van der Waals surface area contributed by atoms with Crippen molar-refractivity contribution in [3.8, 4) is 0 Å². The molecule has 0 spiro atoms. The molecule has 1 saturated carbocycles. The Morgan fingerprint density at radius 3 is 2.45 bits per heavy atom. The van der Waals surface area contributed by atoms with Gasteiger partial charge in [0.15, 0.2) is 0 Å². The Balaban J connectivity index is 0.00000272. The van der Waals surface area contributed by atoms with Gasteiger partial charge in [-0.1, -0.05) is 18.6 Å². The van der Waals surface area contributed by atoms with Crippen molar-refractivity contribution in [1.29, 1.82) is 0 Å². The second-order valence-corrected chi connectivity index (χ2v) is 8.69. The highest BCUT2D eigenvalue weighted by atomic mass is 35.5. The van der Waals surface area contributed by atoms with Crippen LogP contribution in [0.25, 0.3) is 0 Å². The van der Waals surface area contributed by atoms with Gasteiger partial charge in [0.25, 0.3) is 5.56 Å². The van der Waals surface area contributed by atoms with Crippen LogP contribution in [0.5, 0.6) is 0 Å². The first kappa shape index (κ1) is 23.6. The fraction of sp³-hybridized carbons (Fsp3) is 0.545. The molecular weight excluding hydrogens is 431 g/mol. The van der Waals surface area contributed by atoms with E-state index >= 15 is 0 Å². The number of benzene rings is 1. The molecule has 31 heavy (non-hydrogen) atoms. The van der Waals surface area contributed by atoms with Crippen LogP contribution in [-0.2, 0) is 18.1 Å². The van der Waals surface area contributed by atoms with Crippen molar-refractivity contribution in [3.05, 3.63) is 68.0 Å². The Bertz CT molecular complexity index is 1030. The molecule has 0 radical (unpaired) electrons. The molecule has 2 fully saturated rings. The number of rotatable bonds is 7. The Hall–Kier alpha value is -2.06. The number of nitrogens with one attached hydrogen (secondary N) is 1. The van der Waals surface area contributed by atoms with E-state index in [0.29, 0.717) is 18.0 Å². The van der Waals surface area contributed by atoms with Crippen molar-refractivity contribution in [2.45, 2.75) is 50.7 Å². The number of H-pyrrole nitrogens is 1. The zero-order valence-corrected chi connectivity index (χ0v) is 18.2. The number of alkyl halides is 3. The van der Waals surface area contributed by atoms with Gasteiger partial charge >= 0.3 is 11.9 Å². The highest BCUT2D eigenvalue weighted by Crippen LogP contribution is 2.59. The van der Waals surface area contributed by atoms with Crippen molar-refractivity contribution >= 4 is 12.4 Å². The number of aryl methyl sites for hydroxylation is 2. The van der Waals surface area contributed by atoms with Gasteiger partial charge < -0.3 is 9.47 Å². The number of hydrogen-bond acceptors (Lipinski definition) is 3. The van der Waals surface area contributed by atoms with Crippen molar-refractivity contribution in [1.82, 2.24) is 14.5 Å². The zero-order chi connectivity index (χ0) is 21.5. The zero-order valence-electron chi connectivity index (χ0n) is 17.4. The van der Waals surface area contributed by atoms with Crippen LogP contribution in [0.3, 0.4) is 0 Å². The van der Waals surface area contributed by atoms with Crippen LogP contribution in [-0.4, -0.2) is 34.1 Å². The Labute approximate surface area is 184 Å². The summed E-state index contributed by atoms with van der Waals surface area (Å²) in [5.41, 5.74) is 0.279. The maximum atomic E-state index is 12.8. The smallest absolute Gasteiger partial charge is 0.302 e. The first-order valence-electron chi connectivity index (χ1n) is 10.4. The van der Waals surface area contributed by atoms with E-state index in [9.17, 15) is 22.8 Å². The maximum absolute atomic E-state index is 12.8. The summed E-state index contributed by atoms with van der Waals surface area (Å²) < 4.78 is 39.9. The van der Waals surface area contributed by atoms with Gasteiger partial charge in [0.2, 0.25) is 0 Å². The molecule has 2 aromatic rings. The van der Waals surface area contributed by atoms with Gasteiger partial charge in [0.05, 0.1) is 5.56 Å². The third-order valence-corrected chi connectivity index (χ3v) is 6.57. The predicted octanol–water partition coefficient (Wildman–Crippen LogP) is 3.73. The lowest BCUT2D eigenvalue weighted by Crippen LogP contribution is -2.31. The molecule has 9 heteroatoms. The number of likely N-dealkylation sites (tertiary alicyclic amines) is 1. The van der Waals surface area contributed by atoms with Gasteiger partial charge in [0.1, 0.15) is 0 Å². The molecule has 0 bridgehead atoms. The minimum Gasteiger partial charge on any atom is -0.302 e. The predicted molar refractivity (Wildman–Crippen MR) is 115 cm³/mol. The largest absolute Gasteiger partial charge is 0.416 e. The molecule has 5 nitrogen and oxygen atoms in total. The molecule has 170 valence electrons. The van der Waals surface area contributed by atoms with Crippen LogP contribution in [0, 0.1) is 12.8 Å². The molecule has 1 aromatic heterocycles. The molecular formula is C22H27ClF3N3O2. The number of aromatic amines is 1. The summed E-state index contributed by atoms with van der Waals surface area (Å²) in [4.78, 5) is 27.9. The molecule has 4 rings (SSSR count). The number of unbranched alkanes of at least 4 members (excludes halogenated alkanes) is 2. The lowest BCUT2D eigenvalue weighted by atomic mass is 9.94. The molecule has 1 aromatic carbocycles. The molecule has 2 heterocycles. The lowest BCUT2D eigenvalue weighted by molar-refractivity contribution is -0.137. The van der Waals surface area contributed by atoms with Crippen LogP contribution in [0.1, 0.15) is 42.4 Å². The van der Waals surface area contributed by atoms with Crippen molar-refractivity contribution in [3.63, 3.8) is 0 Å². The molecule has 0 unspecified atom stereocenters. The van der Waals surface area contributed by atoms with E-state index in [1.807, 2.05) is 0 Å². The number of piperidine rings is 1. The standard InChI is InChI=1S/C22H26F3N3O2.ClH/c1-15-12-28(20(30)26-19(15)29)10-4-2-3-9-27-13-18-11-21(18,14-27)16-5-7-17(8-6-16)22(23,24)25;/h5-8,12,18H,2-4,9-11,13-14H2,1H3,(H,26,29,30);1H/t18-,21+;/m0./s1. The minimum absolute atomic E-state index is 0. The summed E-state index contributed by atoms with van der Waals surface area (Å²) in [6.07, 6.45) is 1.20. The van der Waals surface area contributed by atoms with E-state index in [1.165, 1.54) is 12.1 Å². The van der Waals surface area contributed by atoms with Gasteiger partial charge in [-0.3, -0.25) is 9.78 Å². The fourth-order valence-corrected chi connectivity index (χ4v) is 4.77. The summed E-state index contributed by atoms with van der Waals surface area (Å²) in [7, 11) is 0. The first-order chi connectivity index (χ1) is 14.2. The molecule has 0 amide bonds. The van der Waals surface area contributed by atoms with Crippen molar-refractivity contribution < 1.29 is 13.2 Å². The topological polar surface area (TPSA) is 58.1 Å². The lowest BCUT2D eigenvalue weighted by Gasteiger charge is -2.21. The molecule has 2 aliphatic rings. The number of halogens is 4. The average Bonchev–Trinajstić information content (AvgIpc) is 3.26. The van der Waals surface area contributed by atoms with Gasteiger partial charge in [-0.05, 0) is 56.3 Å². The van der Waals surface area contributed by atoms with Crippen LogP contribution in [0.15, 0.2) is 40.1 Å². The minimum atomic E-state index is -4.29. The molecule has 1 N–H and O–H groups in total. The molecule has 2 atom stereocenters. The fourth-order valence-electron chi connectivity index (χ4n) is 4.77. The van der Waals surface area contributed by atoms with Crippen molar-refractivity contribution in [2.75, 3.05) is 19.6 Å². The number of nitrogens with zero attached hydrogens (tertiary/aromatic N) is 2. The second kappa shape index (κ2) is 8.82. The Morgan fingerprint density at radius 1 is 1.10 bits per heavy atom. The Kier molecular flexibility index (Phi) is 6.72. The summed E-state index contributed by atoms with van der Waals surface area (Å²) >= 11 is 0. The van der Waals surface area contributed by atoms with Crippen LogP contribution in [0.4, 0.5) is 13.2 Å². The van der Waals surface area contributed by atoms with Gasteiger partial charge in [-0.2, -0.15) is 13.2 Å².